The first-order chi connectivity index (χ1) is 15.0. The smallest absolute Gasteiger partial charge is 0.224 e. The standard InChI is InChI=1S/C22H33FN6O2/c1-25-22(29-10-2-3-17(16-29)15-20(24)30)26-9-8-21(31)28-13-11-27(12-14-28)19-6-4-18(23)5-7-19/h4-7,17H,2-3,8-16H2,1H3,(H2,24,30)(H,25,26). The first kappa shape index (κ1) is 22.8. The fraction of sp³-hybridized carbons (Fsp3) is 0.591. The quantitative estimate of drug-likeness (QED) is 0.517. The van der Waals surface area contributed by atoms with Gasteiger partial charge in [0.25, 0.3) is 0 Å². The molecule has 0 aliphatic carbocycles. The minimum Gasteiger partial charge on any atom is -0.370 e. The van der Waals surface area contributed by atoms with E-state index in [1.54, 1.807) is 19.2 Å². The summed E-state index contributed by atoms with van der Waals surface area (Å²) in [6, 6.07) is 6.47. The first-order valence-corrected chi connectivity index (χ1v) is 11.0. The summed E-state index contributed by atoms with van der Waals surface area (Å²) in [7, 11) is 1.73. The van der Waals surface area contributed by atoms with Crippen molar-refractivity contribution in [2.45, 2.75) is 25.7 Å². The third-order valence-corrected chi connectivity index (χ3v) is 5.97. The van der Waals surface area contributed by atoms with Gasteiger partial charge in [0.15, 0.2) is 5.96 Å². The Bertz CT molecular complexity index is 777. The Morgan fingerprint density at radius 2 is 1.84 bits per heavy atom. The van der Waals surface area contributed by atoms with Crippen LogP contribution in [0.2, 0.25) is 0 Å². The lowest BCUT2D eigenvalue weighted by atomic mass is 9.95. The molecule has 3 rings (SSSR count). The van der Waals surface area contributed by atoms with Crippen molar-refractivity contribution in [1.82, 2.24) is 15.1 Å². The molecule has 8 nitrogen and oxygen atoms in total. The number of hydrogen-bond donors (Lipinski definition) is 2. The number of likely N-dealkylation sites (tertiary alicyclic amines) is 1. The van der Waals surface area contributed by atoms with E-state index in [-0.39, 0.29) is 23.5 Å². The van der Waals surface area contributed by atoms with Gasteiger partial charge in [0.05, 0.1) is 0 Å². The molecule has 0 radical (unpaired) electrons. The van der Waals surface area contributed by atoms with E-state index >= 15 is 0 Å². The van der Waals surface area contributed by atoms with Crippen molar-refractivity contribution in [3.63, 3.8) is 0 Å². The van der Waals surface area contributed by atoms with Crippen LogP contribution in [-0.4, -0.2) is 80.4 Å². The lowest BCUT2D eigenvalue weighted by molar-refractivity contribution is -0.131. The SMILES string of the molecule is CN=C(NCCC(=O)N1CCN(c2ccc(F)cc2)CC1)N1CCCC(CC(N)=O)C1. The summed E-state index contributed by atoms with van der Waals surface area (Å²) in [5.41, 5.74) is 6.33. The highest BCUT2D eigenvalue weighted by molar-refractivity contribution is 5.82. The van der Waals surface area contributed by atoms with Crippen molar-refractivity contribution in [1.29, 1.82) is 0 Å². The van der Waals surface area contributed by atoms with Crippen molar-refractivity contribution >= 4 is 23.5 Å². The van der Waals surface area contributed by atoms with Gasteiger partial charge in [0.2, 0.25) is 11.8 Å². The zero-order chi connectivity index (χ0) is 22.2. The van der Waals surface area contributed by atoms with Gasteiger partial charge in [-0.15, -0.1) is 0 Å². The van der Waals surface area contributed by atoms with Crippen LogP contribution in [0, 0.1) is 11.7 Å². The molecule has 0 bridgehead atoms. The molecule has 1 atom stereocenters. The third-order valence-electron chi connectivity index (χ3n) is 5.97. The maximum Gasteiger partial charge on any atom is 0.224 e. The van der Waals surface area contributed by atoms with Gasteiger partial charge >= 0.3 is 0 Å². The van der Waals surface area contributed by atoms with Gasteiger partial charge in [-0.05, 0) is 43.0 Å². The van der Waals surface area contributed by atoms with Crippen LogP contribution >= 0.6 is 0 Å². The average molecular weight is 433 g/mol. The molecule has 1 aromatic rings. The Morgan fingerprint density at radius 3 is 2.48 bits per heavy atom. The number of nitrogens with zero attached hydrogens (tertiary/aromatic N) is 4. The van der Waals surface area contributed by atoms with E-state index in [2.05, 4.69) is 20.1 Å². The summed E-state index contributed by atoms with van der Waals surface area (Å²) in [5, 5.41) is 3.29. The molecule has 0 saturated carbocycles. The predicted octanol–water partition coefficient (Wildman–Crippen LogP) is 1.03. The van der Waals surface area contributed by atoms with Gasteiger partial charge in [-0.3, -0.25) is 14.6 Å². The number of nitrogens with two attached hydrogens (primary N) is 1. The van der Waals surface area contributed by atoms with Crippen molar-refractivity contribution in [2.75, 3.05) is 57.8 Å². The summed E-state index contributed by atoms with van der Waals surface area (Å²) >= 11 is 0. The Labute approximate surface area is 183 Å². The van der Waals surface area contributed by atoms with E-state index < -0.39 is 0 Å². The van der Waals surface area contributed by atoms with Crippen LogP contribution in [0.4, 0.5) is 10.1 Å². The van der Waals surface area contributed by atoms with E-state index in [0.717, 1.165) is 50.7 Å². The second-order valence-corrected chi connectivity index (χ2v) is 8.19. The number of piperazine rings is 1. The Balaban J connectivity index is 1.40. The number of nitrogens with one attached hydrogen (secondary N) is 1. The van der Waals surface area contributed by atoms with Gasteiger partial charge in [-0.1, -0.05) is 0 Å². The van der Waals surface area contributed by atoms with Gasteiger partial charge in [0.1, 0.15) is 5.82 Å². The lowest BCUT2D eigenvalue weighted by Crippen LogP contribution is -2.50. The maximum atomic E-state index is 13.1. The highest BCUT2D eigenvalue weighted by Crippen LogP contribution is 2.19. The van der Waals surface area contributed by atoms with Crippen LogP contribution in [0.5, 0.6) is 0 Å². The number of hydrogen-bond acceptors (Lipinski definition) is 4. The van der Waals surface area contributed by atoms with Crippen molar-refractivity contribution < 1.29 is 14.0 Å². The number of rotatable bonds is 6. The Morgan fingerprint density at radius 1 is 1.13 bits per heavy atom. The summed E-state index contributed by atoms with van der Waals surface area (Å²) in [5.74, 6) is 0.631. The predicted molar refractivity (Wildman–Crippen MR) is 119 cm³/mol. The number of primary amides is 1. The number of amides is 2. The molecule has 2 amide bonds. The number of carbonyl (C=O) groups is 2. The normalized spacial score (nSPS) is 20.0. The molecule has 3 N–H and O–H groups in total. The van der Waals surface area contributed by atoms with Crippen LogP contribution in [0.25, 0.3) is 0 Å². The molecule has 9 heteroatoms. The zero-order valence-electron chi connectivity index (χ0n) is 18.2. The van der Waals surface area contributed by atoms with Crippen molar-refractivity contribution in [3.05, 3.63) is 30.1 Å². The molecule has 0 aromatic heterocycles. The largest absolute Gasteiger partial charge is 0.370 e. The number of halogens is 1. The fourth-order valence-electron chi connectivity index (χ4n) is 4.35. The number of carbonyl (C=O) groups excluding carboxylic acids is 2. The molecule has 2 fully saturated rings. The highest BCUT2D eigenvalue weighted by Gasteiger charge is 2.24. The summed E-state index contributed by atoms with van der Waals surface area (Å²) in [6.45, 7) is 4.94. The van der Waals surface area contributed by atoms with Crippen LogP contribution in [-0.2, 0) is 9.59 Å². The van der Waals surface area contributed by atoms with Crippen LogP contribution < -0.4 is 16.0 Å². The number of aliphatic imine (C=N–C) groups is 1. The lowest BCUT2D eigenvalue weighted by Gasteiger charge is -2.36. The van der Waals surface area contributed by atoms with E-state index in [9.17, 15) is 14.0 Å². The number of anilines is 1. The number of piperidine rings is 1. The summed E-state index contributed by atoms with van der Waals surface area (Å²) in [4.78, 5) is 34.4. The first-order valence-electron chi connectivity index (χ1n) is 11.0. The van der Waals surface area contributed by atoms with E-state index in [4.69, 9.17) is 5.73 Å². The van der Waals surface area contributed by atoms with E-state index in [0.29, 0.717) is 32.5 Å². The van der Waals surface area contributed by atoms with Gasteiger partial charge < -0.3 is 25.8 Å². The molecule has 1 aromatic carbocycles. The molecular formula is C22H33FN6O2. The fourth-order valence-corrected chi connectivity index (χ4v) is 4.35. The number of benzene rings is 1. The molecule has 2 aliphatic rings. The maximum absolute atomic E-state index is 13.1. The molecule has 170 valence electrons. The topological polar surface area (TPSA) is 94.3 Å². The minimum atomic E-state index is -0.264. The second-order valence-electron chi connectivity index (χ2n) is 8.19. The Kier molecular flexibility index (Phi) is 8.08. The third kappa shape index (κ3) is 6.57. The highest BCUT2D eigenvalue weighted by atomic mass is 19.1. The summed E-state index contributed by atoms with van der Waals surface area (Å²) in [6.07, 6.45) is 2.79. The number of guanidine groups is 1. The van der Waals surface area contributed by atoms with Crippen molar-refractivity contribution in [3.8, 4) is 0 Å². The minimum absolute atomic E-state index is 0.118. The monoisotopic (exact) mass is 432 g/mol. The molecule has 2 heterocycles. The molecule has 31 heavy (non-hydrogen) atoms. The molecular weight excluding hydrogens is 399 g/mol. The van der Waals surface area contributed by atoms with Crippen molar-refractivity contribution in [2.24, 2.45) is 16.6 Å². The van der Waals surface area contributed by atoms with Gasteiger partial charge in [-0.25, -0.2) is 4.39 Å². The zero-order valence-corrected chi connectivity index (χ0v) is 18.2. The average Bonchev–Trinajstić information content (AvgIpc) is 2.77. The summed E-state index contributed by atoms with van der Waals surface area (Å²) < 4.78 is 13.1. The Hall–Kier alpha value is -2.84. The van der Waals surface area contributed by atoms with Crippen LogP contribution in [0.1, 0.15) is 25.7 Å². The molecule has 1 unspecified atom stereocenters. The van der Waals surface area contributed by atoms with Crippen LogP contribution in [0.15, 0.2) is 29.3 Å². The van der Waals surface area contributed by atoms with Crippen LogP contribution in [0.3, 0.4) is 0 Å². The molecule has 2 aliphatic heterocycles. The molecule has 2 saturated heterocycles. The van der Waals surface area contributed by atoms with E-state index in [1.165, 1.54) is 12.1 Å². The second kappa shape index (κ2) is 11.0. The van der Waals surface area contributed by atoms with Gasteiger partial charge in [-0.2, -0.15) is 0 Å². The van der Waals surface area contributed by atoms with E-state index in [1.807, 2.05) is 4.90 Å². The van der Waals surface area contributed by atoms with Gasteiger partial charge in [0, 0.05) is 71.4 Å². The molecule has 0 spiro atoms.